The number of nitrogen functional groups attached to an aromatic ring is 1. The highest BCUT2D eigenvalue weighted by atomic mass is 19.4. The zero-order valence-electron chi connectivity index (χ0n) is 12.4. The van der Waals surface area contributed by atoms with Crippen molar-refractivity contribution in [1.29, 1.82) is 0 Å². The number of halogens is 3. The standard InChI is InChI=1S/C15H10F3N5O2/c16-15(17,18)25-11-3-1-2-10(6-11)24-14-20-7-9(8-21-14)12-4-5-13(19)23-22-12/h1-8H,(H2,19,23). The zero-order valence-corrected chi connectivity index (χ0v) is 12.4. The van der Waals surface area contributed by atoms with Crippen molar-refractivity contribution in [1.82, 2.24) is 20.2 Å². The van der Waals surface area contributed by atoms with Gasteiger partial charge in [-0.05, 0) is 24.3 Å². The van der Waals surface area contributed by atoms with E-state index in [4.69, 9.17) is 10.5 Å². The van der Waals surface area contributed by atoms with Gasteiger partial charge in [-0.1, -0.05) is 6.07 Å². The number of nitrogens with zero attached hydrogens (tertiary/aromatic N) is 4. The van der Waals surface area contributed by atoms with Crippen molar-refractivity contribution in [2.45, 2.75) is 6.36 Å². The molecule has 10 heteroatoms. The molecule has 2 heterocycles. The summed E-state index contributed by atoms with van der Waals surface area (Å²) >= 11 is 0. The van der Waals surface area contributed by atoms with Crippen LogP contribution in [0.1, 0.15) is 0 Å². The van der Waals surface area contributed by atoms with E-state index in [1.165, 1.54) is 24.5 Å². The van der Waals surface area contributed by atoms with Crippen LogP contribution < -0.4 is 15.2 Å². The quantitative estimate of drug-likeness (QED) is 0.772. The second-order valence-corrected chi connectivity index (χ2v) is 4.72. The van der Waals surface area contributed by atoms with Gasteiger partial charge in [-0.25, -0.2) is 9.97 Å². The number of hydrogen-bond donors (Lipinski definition) is 1. The third-order valence-electron chi connectivity index (χ3n) is 2.86. The fraction of sp³-hybridized carbons (Fsp3) is 0.0667. The van der Waals surface area contributed by atoms with E-state index in [1.54, 1.807) is 12.1 Å². The van der Waals surface area contributed by atoms with Crippen molar-refractivity contribution in [2.75, 3.05) is 5.73 Å². The summed E-state index contributed by atoms with van der Waals surface area (Å²) in [6.45, 7) is 0. The predicted octanol–water partition coefficient (Wildman–Crippen LogP) is 3.21. The maximum Gasteiger partial charge on any atom is 0.573 e. The van der Waals surface area contributed by atoms with Crippen LogP contribution in [0.15, 0.2) is 48.8 Å². The second kappa shape index (κ2) is 6.59. The van der Waals surface area contributed by atoms with Gasteiger partial charge >= 0.3 is 12.4 Å². The first-order chi connectivity index (χ1) is 11.9. The molecule has 0 radical (unpaired) electrons. The van der Waals surface area contributed by atoms with Crippen LogP contribution in [0.3, 0.4) is 0 Å². The van der Waals surface area contributed by atoms with Crippen LogP contribution >= 0.6 is 0 Å². The van der Waals surface area contributed by atoms with E-state index in [0.717, 1.165) is 12.1 Å². The molecule has 0 aliphatic carbocycles. The Morgan fingerprint density at radius 3 is 2.28 bits per heavy atom. The molecule has 0 spiro atoms. The minimum atomic E-state index is -4.78. The highest BCUT2D eigenvalue weighted by Gasteiger charge is 2.31. The van der Waals surface area contributed by atoms with Crippen LogP contribution in [-0.2, 0) is 0 Å². The highest BCUT2D eigenvalue weighted by molar-refractivity contribution is 5.57. The lowest BCUT2D eigenvalue weighted by Gasteiger charge is -2.10. The molecule has 0 aliphatic heterocycles. The van der Waals surface area contributed by atoms with Gasteiger partial charge in [-0.3, -0.25) is 0 Å². The number of benzene rings is 1. The van der Waals surface area contributed by atoms with E-state index in [0.29, 0.717) is 11.3 Å². The van der Waals surface area contributed by atoms with Gasteiger partial charge in [0.15, 0.2) is 0 Å². The molecule has 0 aliphatic rings. The Balaban J connectivity index is 1.73. The van der Waals surface area contributed by atoms with Gasteiger partial charge in [0.05, 0.1) is 5.69 Å². The Morgan fingerprint density at radius 1 is 0.920 bits per heavy atom. The Bertz CT molecular complexity index is 854. The zero-order chi connectivity index (χ0) is 17.9. The molecule has 0 saturated carbocycles. The SMILES string of the molecule is Nc1ccc(-c2cnc(Oc3cccc(OC(F)(F)F)c3)nc2)nn1. The largest absolute Gasteiger partial charge is 0.573 e. The molecule has 0 saturated heterocycles. The molecule has 0 amide bonds. The maximum absolute atomic E-state index is 12.2. The average molecular weight is 349 g/mol. The van der Waals surface area contributed by atoms with Crippen molar-refractivity contribution in [3.8, 4) is 28.8 Å². The van der Waals surface area contributed by atoms with E-state index in [2.05, 4.69) is 24.9 Å². The summed E-state index contributed by atoms with van der Waals surface area (Å²) in [7, 11) is 0. The van der Waals surface area contributed by atoms with E-state index < -0.39 is 12.1 Å². The van der Waals surface area contributed by atoms with Crippen LogP contribution in [0.2, 0.25) is 0 Å². The molecule has 0 bridgehead atoms. The van der Waals surface area contributed by atoms with Crippen LogP contribution in [0.25, 0.3) is 11.3 Å². The Hall–Kier alpha value is -3.43. The molecule has 0 unspecified atom stereocenters. The smallest absolute Gasteiger partial charge is 0.424 e. The van der Waals surface area contributed by atoms with Crippen molar-refractivity contribution in [3.63, 3.8) is 0 Å². The van der Waals surface area contributed by atoms with Crippen molar-refractivity contribution in [2.24, 2.45) is 0 Å². The van der Waals surface area contributed by atoms with Crippen molar-refractivity contribution >= 4 is 5.82 Å². The van der Waals surface area contributed by atoms with Gasteiger partial charge < -0.3 is 15.2 Å². The molecule has 0 atom stereocenters. The number of hydrogen-bond acceptors (Lipinski definition) is 7. The fourth-order valence-corrected chi connectivity index (χ4v) is 1.84. The van der Waals surface area contributed by atoms with E-state index in [9.17, 15) is 13.2 Å². The normalized spacial score (nSPS) is 11.2. The number of nitrogens with two attached hydrogens (primary N) is 1. The minimum absolute atomic E-state index is 0.0451. The van der Waals surface area contributed by atoms with Crippen LogP contribution in [0.5, 0.6) is 17.5 Å². The molecule has 128 valence electrons. The Kier molecular flexibility index (Phi) is 4.33. The maximum atomic E-state index is 12.2. The highest BCUT2D eigenvalue weighted by Crippen LogP contribution is 2.28. The fourth-order valence-electron chi connectivity index (χ4n) is 1.84. The van der Waals surface area contributed by atoms with Crippen molar-refractivity contribution in [3.05, 3.63) is 48.8 Å². The summed E-state index contributed by atoms with van der Waals surface area (Å²) in [5.41, 5.74) is 6.55. The molecule has 3 rings (SSSR count). The summed E-state index contributed by atoms with van der Waals surface area (Å²) in [4.78, 5) is 7.96. The van der Waals surface area contributed by atoms with E-state index in [1.807, 2.05) is 0 Å². The first kappa shape index (κ1) is 16.4. The van der Waals surface area contributed by atoms with Crippen LogP contribution in [-0.4, -0.2) is 26.5 Å². The summed E-state index contributed by atoms with van der Waals surface area (Å²) in [6, 6.07) is 8.23. The lowest BCUT2D eigenvalue weighted by Crippen LogP contribution is -2.17. The summed E-state index contributed by atoms with van der Waals surface area (Å²) in [5.74, 6) is -0.0221. The summed E-state index contributed by atoms with van der Waals surface area (Å²) < 4.78 is 45.8. The average Bonchev–Trinajstić information content (AvgIpc) is 2.55. The number of anilines is 1. The molecular weight excluding hydrogens is 339 g/mol. The number of aromatic nitrogens is 4. The first-order valence-electron chi connectivity index (χ1n) is 6.84. The van der Waals surface area contributed by atoms with Crippen LogP contribution in [0.4, 0.5) is 19.0 Å². The second-order valence-electron chi connectivity index (χ2n) is 4.72. The third kappa shape index (κ3) is 4.53. The molecule has 0 fully saturated rings. The van der Waals surface area contributed by atoms with Crippen LogP contribution in [0, 0.1) is 0 Å². The Morgan fingerprint density at radius 2 is 1.64 bits per heavy atom. The molecule has 25 heavy (non-hydrogen) atoms. The lowest BCUT2D eigenvalue weighted by atomic mass is 10.2. The minimum Gasteiger partial charge on any atom is -0.424 e. The summed E-state index contributed by atoms with van der Waals surface area (Å²) in [6.07, 6.45) is -1.89. The number of alkyl halides is 3. The van der Waals surface area contributed by atoms with Gasteiger partial charge in [-0.2, -0.15) is 0 Å². The third-order valence-corrected chi connectivity index (χ3v) is 2.86. The van der Waals surface area contributed by atoms with Gasteiger partial charge in [0.25, 0.3) is 0 Å². The van der Waals surface area contributed by atoms with Gasteiger partial charge in [0, 0.05) is 24.0 Å². The summed E-state index contributed by atoms with van der Waals surface area (Å²) in [5, 5.41) is 7.61. The molecule has 2 N–H and O–H groups in total. The number of ether oxygens (including phenoxy) is 2. The van der Waals surface area contributed by atoms with Gasteiger partial charge in [0.1, 0.15) is 17.3 Å². The Labute approximate surface area is 139 Å². The van der Waals surface area contributed by atoms with Crippen molar-refractivity contribution < 1.29 is 22.6 Å². The van der Waals surface area contributed by atoms with E-state index >= 15 is 0 Å². The monoisotopic (exact) mass is 349 g/mol. The molecular formula is C15H10F3N5O2. The van der Waals surface area contributed by atoms with Gasteiger partial charge in [-0.15, -0.1) is 23.4 Å². The van der Waals surface area contributed by atoms with E-state index in [-0.39, 0.29) is 17.6 Å². The predicted molar refractivity (Wildman–Crippen MR) is 80.7 cm³/mol. The first-order valence-corrected chi connectivity index (χ1v) is 6.84. The number of rotatable bonds is 4. The topological polar surface area (TPSA) is 96.0 Å². The molecule has 2 aromatic heterocycles. The molecule has 7 nitrogen and oxygen atoms in total. The lowest BCUT2D eigenvalue weighted by molar-refractivity contribution is -0.274. The molecule has 1 aromatic carbocycles. The van der Waals surface area contributed by atoms with Gasteiger partial charge in [0.2, 0.25) is 0 Å². The molecule has 3 aromatic rings.